The molecule has 132 valence electrons. The topological polar surface area (TPSA) is 18.5 Å². The lowest BCUT2D eigenvalue weighted by Gasteiger charge is -2.50. The number of fused-ring (bicyclic) bond motifs is 5. The van der Waals surface area contributed by atoms with E-state index in [1.54, 1.807) is 12.7 Å². The first kappa shape index (κ1) is 16.4. The van der Waals surface area contributed by atoms with E-state index >= 15 is 0 Å². The molecule has 1 aromatic rings. The van der Waals surface area contributed by atoms with E-state index in [0.29, 0.717) is 5.92 Å². The molecular weight excluding hydrogens is 303 g/mol. The lowest BCUT2D eigenvalue weighted by molar-refractivity contribution is -0.0663. The third kappa shape index (κ3) is 2.47. The summed E-state index contributed by atoms with van der Waals surface area (Å²) in [5, 5.41) is 0. The van der Waals surface area contributed by atoms with Crippen LogP contribution in [0.4, 0.5) is 4.39 Å². The largest absolute Gasteiger partial charge is 0.497 e. The molecule has 24 heavy (non-hydrogen) atoms. The third-order valence-corrected chi connectivity index (χ3v) is 7.24. The van der Waals surface area contributed by atoms with Crippen molar-refractivity contribution < 1.29 is 13.9 Å². The molecule has 2 nitrogen and oxygen atoms in total. The van der Waals surface area contributed by atoms with Gasteiger partial charge in [-0.3, -0.25) is 0 Å². The van der Waals surface area contributed by atoms with Gasteiger partial charge in [-0.2, -0.15) is 0 Å². The zero-order valence-electron chi connectivity index (χ0n) is 14.9. The maximum atomic E-state index is 12.6. The SMILES string of the molecule is COc1ccc2c(c1)CC[C@H]1[C@H]2CC[C@@]2(C)[C@@H](OCCF)CC[C@@H]12. The first-order chi connectivity index (χ1) is 11.7. The molecule has 3 heteroatoms. The van der Waals surface area contributed by atoms with Gasteiger partial charge in [0.2, 0.25) is 0 Å². The van der Waals surface area contributed by atoms with Gasteiger partial charge < -0.3 is 9.47 Å². The molecule has 0 bridgehead atoms. The Morgan fingerprint density at radius 3 is 2.88 bits per heavy atom. The summed E-state index contributed by atoms with van der Waals surface area (Å²) in [6.07, 6.45) is 7.52. The maximum absolute atomic E-state index is 12.6. The molecule has 0 amide bonds. The van der Waals surface area contributed by atoms with Gasteiger partial charge in [-0.15, -0.1) is 0 Å². The molecule has 4 rings (SSSR count). The second-order valence-electron chi connectivity index (χ2n) is 8.15. The van der Waals surface area contributed by atoms with Crippen LogP contribution < -0.4 is 4.74 Å². The quantitative estimate of drug-likeness (QED) is 0.780. The van der Waals surface area contributed by atoms with Crippen LogP contribution in [0.25, 0.3) is 0 Å². The van der Waals surface area contributed by atoms with E-state index in [1.807, 2.05) is 0 Å². The van der Waals surface area contributed by atoms with Crippen molar-refractivity contribution in [1.82, 2.24) is 0 Å². The van der Waals surface area contributed by atoms with Crippen molar-refractivity contribution >= 4 is 0 Å². The van der Waals surface area contributed by atoms with Crippen LogP contribution in [0.5, 0.6) is 5.75 Å². The van der Waals surface area contributed by atoms with Crippen LogP contribution in [0.1, 0.15) is 56.1 Å². The maximum Gasteiger partial charge on any atom is 0.119 e. The Balaban J connectivity index is 1.58. The summed E-state index contributed by atoms with van der Waals surface area (Å²) in [4.78, 5) is 0. The molecule has 0 aromatic heterocycles. The molecule has 1 aromatic carbocycles. The van der Waals surface area contributed by atoms with Crippen LogP contribution in [0.3, 0.4) is 0 Å². The molecule has 0 heterocycles. The highest BCUT2D eigenvalue weighted by Crippen LogP contribution is 2.61. The fraction of sp³-hybridized carbons (Fsp3) is 0.714. The number of aryl methyl sites for hydroxylation is 1. The number of methoxy groups -OCH3 is 1. The van der Waals surface area contributed by atoms with Crippen LogP contribution in [0.15, 0.2) is 18.2 Å². The van der Waals surface area contributed by atoms with Crippen molar-refractivity contribution in [1.29, 1.82) is 0 Å². The van der Waals surface area contributed by atoms with E-state index in [1.165, 1.54) is 31.2 Å². The summed E-state index contributed by atoms with van der Waals surface area (Å²) in [6, 6.07) is 6.66. The number of ether oxygens (including phenoxy) is 2. The standard InChI is InChI=1S/C21H29FO2/c1-21-10-9-17-16-6-4-15(23-2)13-14(16)3-5-18(17)19(21)7-8-20(21)24-12-11-22/h4,6,13,17-20H,3,5,7-12H2,1-2H3/t17-,18-,19-,20-,21+/m0/s1. The zero-order chi connectivity index (χ0) is 16.7. The minimum atomic E-state index is -0.363. The number of alkyl halides is 1. The minimum absolute atomic E-state index is 0.250. The Kier molecular flexibility index (Phi) is 4.32. The number of hydrogen-bond acceptors (Lipinski definition) is 2. The van der Waals surface area contributed by atoms with Gasteiger partial charge >= 0.3 is 0 Å². The molecule has 0 saturated heterocycles. The molecule has 2 saturated carbocycles. The van der Waals surface area contributed by atoms with Gasteiger partial charge in [0.25, 0.3) is 0 Å². The van der Waals surface area contributed by atoms with Crippen molar-refractivity contribution in [2.75, 3.05) is 20.4 Å². The minimum Gasteiger partial charge on any atom is -0.497 e. The molecule has 5 atom stereocenters. The monoisotopic (exact) mass is 332 g/mol. The Labute approximate surface area is 144 Å². The van der Waals surface area contributed by atoms with Gasteiger partial charge in [0.15, 0.2) is 0 Å². The van der Waals surface area contributed by atoms with Crippen molar-refractivity contribution in [3.8, 4) is 5.75 Å². The van der Waals surface area contributed by atoms with E-state index < -0.39 is 0 Å². The number of halogens is 1. The average molecular weight is 332 g/mol. The van der Waals surface area contributed by atoms with Crippen LogP contribution in [-0.2, 0) is 11.2 Å². The number of hydrogen-bond donors (Lipinski definition) is 0. The fourth-order valence-electron chi connectivity index (χ4n) is 6.10. The molecular formula is C21H29FO2. The Morgan fingerprint density at radius 2 is 2.08 bits per heavy atom. The molecule has 0 spiro atoms. The van der Waals surface area contributed by atoms with Gasteiger partial charge in [0.1, 0.15) is 12.4 Å². The summed E-state index contributed by atoms with van der Waals surface area (Å²) in [7, 11) is 1.75. The van der Waals surface area contributed by atoms with Gasteiger partial charge in [0.05, 0.1) is 19.8 Å². The van der Waals surface area contributed by atoms with E-state index in [4.69, 9.17) is 9.47 Å². The van der Waals surface area contributed by atoms with Crippen LogP contribution in [0.2, 0.25) is 0 Å². The first-order valence-electron chi connectivity index (χ1n) is 9.51. The third-order valence-electron chi connectivity index (χ3n) is 7.24. The van der Waals surface area contributed by atoms with Gasteiger partial charge in [-0.05, 0) is 85.0 Å². The smallest absolute Gasteiger partial charge is 0.119 e. The van der Waals surface area contributed by atoms with Crippen LogP contribution in [0, 0.1) is 17.3 Å². The van der Waals surface area contributed by atoms with Gasteiger partial charge in [-0.25, -0.2) is 4.39 Å². The second kappa shape index (κ2) is 6.33. The van der Waals surface area contributed by atoms with Crippen molar-refractivity contribution in [3.63, 3.8) is 0 Å². The molecule has 3 aliphatic rings. The average Bonchev–Trinajstić information content (AvgIpc) is 2.95. The normalized spacial score (nSPS) is 37.5. The Morgan fingerprint density at radius 1 is 1.21 bits per heavy atom. The molecule has 2 fully saturated rings. The Bertz CT molecular complexity index is 602. The lowest BCUT2D eigenvalue weighted by Crippen LogP contribution is -2.44. The van der Waals surface area contributed by atoms with Gasteiger partial charge in [0, 0.05) is 0 Å². The lowest BCUT2D eigenvalue weighted by atomic mass is 9.55. The first-order valence-corrected chi connectivity index (χ1v) is 9.51. The van der Waals surface area contributed by atoms with Crippen molar-refractivity contribution in [3.05, 3.63) is 29.3 Å². The molecule has 3 aliphatic carbocycles. The predicted octanol–water partition coefficient (Wildman–Crippen LogP) is 4.91. The second-order valence-corrected chi connectivity index (χ2v) is 8.15. The summed E-state index contributed by atoms with van der Waals surface area (Å²) in [5.74, 6) is 3.17. The number of rotatable bonds is 4. The summed E-state index contributed by atoms with van der Waals surface area (Å²) in [6.45, 7) is 2.32. The summed E-state index contributed by atoms with van der Waals surface area (Å²) >= 11 is 0. The highest BCUT2D eigenvalue weighted by molar-refractivity contribution is 5.40. The van der Waals surface area contributed by atoms with Crippen molar-refractivity contribution in [2.45, 2.75) is 57.5 Å². The van der Waals surface area contributed by atoms with E-state index in [-0.39, 0.29) is 24.8 Å². The zero-order valence-corrected chi connectivity index (χ0v) is 14.9. The number of benzene rings is 1. The van der Waals surface area contributed by atoms with Crippen LogP contribution >= 0.6 is 0 Å². The van der Waals surface area contributed by atoms with Gasteiger partial charge in [-0.1, -0.05) is 13.0 Å². The molecule has 0 unspecified atom stereocenters. The van der Waals surface area contributed by atoms with E-state index in [2.05, 4.69) is 25.1 Å². The van der Waals surface area contributed by atoms with Crippen LogP contribution in [-0.4, -0.2) is 26.5 Å². The van der Waals surface area contributed by atoms with E-state index in [0.717, 1.165) is 30.4 Å². The summed E-state index contributed by atoms with van der Waals surface area (Å²) < 4.78 is 23.9. The predicted molar refractivity (Wildman–Crippen MR) is 93.3 cm³/mol. The van der Waals surface area contributed by atoms with Crippen molar-refractivity contribution in [2.24, 2.45) is 17.3 Å². The summed E-state index contributed by atoms with van der Waals surface area (Å²) in [5.41, 5.74) is 3.30. The fourth-order valence-corrected chi connectivity index (χ4v) is 6.10. The highest BCUT2D eigenvalue weighted by atomic mass is 19.1. The highest BCUT2D eigenvalue weighted by Gasteiger charge is 2.55. The Hall–Kier alpha value is -1.09. The molecule has 0 aliphatic heterocycles. The van der Waals surface area contributed by atoms with E-state index in [9.17, 15) is 4.39 Å². The molecule has 0 radical (unpaired) electrons. The molecule has 0 N–H and O–H groups in total.